The number of carbonyl (C=O) groups is 1. The lowest BCUT2D eigenvalue weighted by Gasteiger charge is -2.04. The van der Waals surface area contributed by atoms with Crippen LogP contribution < -0.4 is 11.1 Å². The molecule has 1 rings (SSSR count). The smallest absolute Gasteiger partial charge is 0.312 e. The maximum atomic E-state index is 10.4. The summed E-state index contributed by atoms with van der Waals surface area (Å²) >= 11 is 0. The molecule has 0 aromatic carbocycles. The fourth-order valence-electron chi connectivity index (χ4n) is 1.10. The molecule has 0 aliphatic heterocycles. The molecule has 4 heteroatoms. The predicted octanol–water partition coefficient (Wildman–Crippen LogP) is 0.601. The molecule has 3 N–H and O–H groups in total. The van der Waals surface area contributed by atoms with Gasteiger partial charge in [-0.25, -0.2) is 4.79 Å². The summed E-state index contributed by atoms with van der Waals surface area (Å²) in [7, 11) is 0. The number of amides is 2. The Bertz CT molecular complexity index is 299. The van der Waals surface area contributed by atoms with E-state index < -0.39 is 6.03 Å². The van der Waals surface area contributed by atoms with Crippen molar-refractivity contribution >= 4 is 6.03 Å². The van der Waals surface area contributed by atoms with Gasteiger partial charge < -0.3 is 11.1 Å². The zero-order valence-corrected chi connectivity index (χ0v) is 7.58. The molecule has 0 aliphatic rings. The van der Waals surface area contributed by atoms with Crippen LogP contribution >= 0.6 is 0 Å². The molecule has 0 aliphatic carbocycles. The van der Waals surface area contributed by atoms with Gasteiger partial charge in [-0.1, -0.05) is 0 Å². The van der Waals surface area contributed by atoms with Crippen molar-refractivity contribution in [2.75, 3.05) is 6.54 Å². The normalized spacial score (nSPS) is 9.62. The quantitative estimate of drug-likeness (QED) is 0.713. The number of hydrogen-bond donors (Lipinski definition) is 2. The van der Waals surface area contributed by atoms with E-state index in [4.69, 9.17) is 5.73 Å². The molecule has 0 saturated carbocycles. The van der Waals surface area contributed by atoms with Gasteiger partial charge in [-0.15, -0.1) is 0 Å². The molecule has 0 unspecified atom stereocenters. The lowest BCUT2D eigenvalue weighted by atomic mass is 10.1. The van der Waals surface area contributed by atoms with E-state index >= 15 is 0 Å². The topological polar surface area (TPSA) is 68.0 Å². The third-order valence-electron chi connectivity index (χ3n) is 1.83. The SMILES string of the molecule is Cc1cnccc1CCNC(N)=O. The van der Waals surface area contributed by atoms with Gasteiger partial charge in [0.25, 0.3) is 0 Å². The summed E-state index contributed by atoms with van der Waals surface area (Å²) in [4.78, 5) is 14.3. The minimum atomic E-state index is -0.480. The van der Waals surface area contributed by atoms with Gasteiger partial charge in [-0.05, 0) is 30.5 Å². The van der Waals surface area contributed by atoms with Gasteiger partial charge >= 0.3 is 6.03 Å². The molecule has 1 aromatic rings. The first-order valence-corrected chi connectivity index (χ1v) is 4.13. The summed E-state index contributed by atoms with van der Waals surface area (Å²) in [5.41, 5.74) is 7.25. The Morgan fingerprint density at radius 1 is 1.69 bits per heavy atom. The highest BCUT2D eigenvalue weighted by Crippen LogP contribution is 2.04. The van der Waals surface area contributed by atoms with Gasteiger partial charge in [0.15, 0.2) is 0 Å². The standard InChI is InChI=1S/C9H13N3O/c1-7-6-11-4-2-8(7)3-5-12-9(10)13/h2,4,6H,3,5H2,1H3,(H3,10,12,13). The van der Waals surface area contributed by atoms with E-state index in [1.807, 2.05) is 13.0 Å². The van der Waals surface area contributed by atoms with Gasteiger partial charge in [0.2, 0.25) is 0 Å². The van der Waals surface area contributed by atoms with E-state index in [9.17, 15) is 4.79 Å². The Kier molecular flexibility index (Phi) is 3.25. The van der Waals surface area contributed by atoms with E-state index in [1.54, 1.807) is 12.4 Å². The maximum absolute atomic E-state index is 10.4. The maximum Gasteiger partial charge on any atom is 0.312 e. The number of aromatic nitrogens is 1. The Morgan fingerprint density at radius 3 is 3.08 bits per heavy atom. The van der Waals surface area contributed by atoms with Crippen molar-refractivity contribution in [3.63, 3.8) is 0 Å². The zero-order valence-electron chi connectivity index (χ0n) is 7.58. The van der Waals surface area contributed by atoms with Gasteiger partial charge in [-0.2, -0.15) is 0 Å². The number of nitrogens with two attached hydrogens (primary N) is 1. The van der Waals surface area contributed by atoms with Gasteiger partial charge in [0.1, 0.15) is 0 Å². The van der Waals surface area contributed by atoms with E-state index in [2.05, 4.69) is 10.3 Å². The lowest BCUT2D eigenvalue weighted by Crippen LogP contribution is -2.31. The Morgan fingerprint density at radius 2 is 2.46 bits per heavy atom. The number of pyridine rings is 1. The number of nitrogens with one attached hydrogen (secondary N) is 1. The van der Waals surface area contributed by atoms with Gasteiger partial charge in [0, 0.05) is 18.9 Å². The monoisotopic (exact) mass is 179 g/mol. The highest BCUT2D eigenvalue weighted by molar-refractivity contribution is 5.71. The molecular formula is C9H13N3O. The fourth-order valence-corrected chi connectivity index (χ4v) is 1.10. The predicted molar refractivity (Wildman–Crippen MR) is 50.3 cm³/mol. The Hall–Kier alpha value is -1.58. The van der Waals surface area contributed by atoms with E-state index in [0.717, 1.165) is 12.0 Å². The minimum absolute atomic E-state index is 0.480. The number of nitrogens with zero attached hydrogens (tertiary/aromatic N) is 1. The molecule has 0 atom stereocenters. The van der Waals surface area contributed by atoms with Crippen LogP contribution in [-0.4, -0.2) is 17.6 Å². The average Bonchev–Trinajstić information content (AvgIpc) is 2.08. The number of hydrogen-bond acceptors (Lipinski definition) is 2. The zero-order chi connectivity index (χ0) is 9.68. The summed E-state index contributed by atoms with van der Waals surface area (Å²) in [5.74, 6) is 0. The second-order valence-corrected chi connectivity index (χ2v) is 2.84. The number of rotatable bonds is 3. The molecule has 70 valence electrons. The van der Waals surface area contributed by atoms with Crippen LogP contribution in [0.25, 0.3) is 0 Å². The Labute approximate surface area is 77.2 Å². The number of carbonyl (C=O) groups excluding carboxylic acids is 1. The molecule has 13 heavy (non-hydrogen) atoms. The highest BCUT2D eigenvalue weighted by atomic mass is 16.2. The second-order valence-electron chi connectivity index (χ2n) is 2.84. The lowest BCUT2D eigenvalue weighted by molar-refractivity contribution is 0.249. The van der Waals surface area contributed by atoms with Crippen LogP contribution in [0.15, 0.2) is 18.5 Å². The van der Waals surface area contributed by atoms with Crippen molar-refractivity contribution < 1.29 is 4.79 Å². The van der Waals surface area contributed by atoms with Crippen LogP contribution in [0.4, 0.5) is 4.79 Å². The summed E-state index contributed by atoms with van der Waals surface area (Å²) in [6, 6.07) is 1.46. The van der Waals surface area contributed by atoms with Crippen LogP contribution in [0.3, 0.4) is 0 Å². The molecule has 0 spiro atoms. The summed E-state index contributed by atoms with van der Waals surface area (Å²) < 4.78 is 0. The molecule has 0 bridgehead atoms. The summed E-state index contributed by atoms with van der Waals surface area (Å²) in [6.07, 6.45) is 4.34. The highest BCUT2D eigenvalue weighted by Gasteiger charge is 1.97. The fraction of sp³-hybridized carbons (Fsp3) is 0.333. The summed E-state index contributed by atoms with van der Waals surface area (Å²) in [5, 5.41) is 2.54. The average molecular weight is 179 g/mol. The molecule has 0 saturated heterocycles. The third-order valence-corrected chi connectivity index (χ3v) is 1.83. The summed E-state index contributed by atoms with van der Waals surface area (Å²) in [6.45, 7) is 2.56. The number of urea groups is 1. The van der Waals surface area contributed by atoms with E-state index in [0.29, 0.717) is 6.54 Å². The number of primary amides is 1. The molecule has 0 fully saturated rings. The van der Waals surface area contributed by atoms with Crippen molar-refractivity contribution in [2.45, 2.75) is 13.3 Å². The van der Waals surface area contributed by atoms with Crippen LogP contribution in [0.5, 0.6) is 0 Å². The molecule has 2 amide bonds. The molecule has 1 aromatic heterocycles. The molecule has 1 heterocycles. The molecular weight excluding hydrogens is 166 g/mol. The van der Waals surface area contributed by atoms with Crippen LogP contribution in [0.2, 0.25) is 0 Å². The van der Waals surface area contributed by atoms with E-state index in [-0.39, 0.29) is 0 Å². The van der Waals surface area contributed by atoms with Crippen molar-refractivity contribution in [3.05, 3.63) is 29.6 Å². The minimum Gasteiger partial charge on any atom is -0.352 e. The van der Waals surface area contributed by atoms with Crippen LogP contribution in [0.1, 0.15) is 11.1 Å². The van der Waals surface area contributed by atoms with Crippen molar-refractivity contribution in [2.24, 2.45) is 5.73 Å². The van der Waals surface area contributed by atoms with Crippen molar-refractivity contribution in [1.29, 1.82) is 0 Å². The van der Waals surface area contributed by atoms with Gasteiger partial charge in [-0.3, -0.25) is 4.98 Å². The van der Waals surface area contributed by atoms with Gasteiger partial charge in [0.05, 0.1) is 0 Å². The molecule has 4 nitrogen and oxygen atoms in total. The largest absolute Gasteiger partial charge is 0.352 e. The van der Waals surface area contributed by atoms with Crippen LogP contribution in [0, 0.1) is 6.92 Å². The van der Waals surface area contributed by atoms with Crippen LogP contribution in [-0.2, 0) is 6.42 Å². The number of aryl methyl sites for hydroxylation is 1. The Balaban J connectivity index is 2.45. The third kappa shape index (κ3) is 3.11. The van der Waals surface area contributed by atoms with Crippen molar-refractivity contribution in [3.8, 4) is 0 Å². The van der Waals surface area contributed by atoms with E-state index in [1.165, 1.54) is 5.56 Å². The first kappa shape index (κ1) is 9.51. The first-order chi connectivity index (χ1) is 6.20. The first-order valence-electron chi connectivity index (χ1n) is 4.13. The molecule has 0 radical (unpaired) electrons. The second kappa shape index (κ2) is 4.45. The van der Waals surface area contributed by atoms with Crippen molar-refractivity contribution in [1.82, 2.24) is 10.3 Å².